The van der Waals surface area contributed by atoms with Gasteiger partial charge in [-0.2, -0.15) is 8.78 Å². The molecule has 0 aliphatic carbocycles. The number of para-hydroxylation sites is 2. The molecule has 1 aromatic heterocycles. The first-order valence-corrected chi connectivity index (χ1v) is 10.0. The van der Waals surface area contributed by atoms with Crippen LogP contribution >= 0.6 is 11.8 Å². The van der Waals surface area contributed by atoms with E-state index in [2.05, 4.69) is 41.0 Å². The van der Waals surface area contributed by atoms with Crippen molar-refractivity contribution in [2.45, 2.75) is 31.5 Å². The number of anilines is 1. The number of amides is 1. The molecule has 29 heavy (non-hydrogen) atoms. The van der Waals surface area contributed by atoms with Crippen molar-refractivity contribution < 1.29 is 18.3 Å². The fraction of sp³-hybridized carbons (Fsp3) is 0.238. The predicted molar refractivity (Wildman–Crippen MR) is 110 cm³/mol. The van der Waals surface area contributed by atoms with Gasteiger partial charge < -0.3 is 10.1 Å². The number of imidazole rings is 1. The fourth-order valence-corrected chi connectivity index (χ4v) is 3.47. The lowest BCUT2D eigenvalue weighted by molar-refractivity contribution is -0.113. The van der Waals surface area contributed by atoms with Gasteiger partial charge in [0.2, 0.25) is 5.91 Å². The Morgan fingerprint density at radius 2 is 1.90 bits per heavy atom. The Balaban J connectivity index is 1.64. The Morgan fingerprint density at radius 1 is 1.17 bits per heavy atom. The van der Waals surface area contributed by atoms with E-state index in [1.165, 1.54) is 29.5 Å². The van der Waals surface area contributed by atoms with E-state index in [1.54, 1.807) is 18.3 Å². The van der Waals surface area contributed by atoms with Crippen LogP contribution in [0.1, 0.15) is 25.3 Å². The Kier molecular flexibility index (Phi) is 6.87. The van der Waals surface area contributed by atoms with Crippen LogP contribution in [-0.2, 0) is 4.79 Å². The second-order valence-electron chi connectivity index (χ2n) is 6.54. The number of halogens is 2. The molecule has 0 radical (unpaired) electrons. The zero-order chi connectivity index (χ0) is 20.8. The molecule has 0 atom stereocenters. The van der Waals surface area contributed by atoms with Gasteiger partial charge in [-0.25, -0.2) is 4.98 Å². The first kappa shape index (κ1) is 20.9. The summed E-state index contributed by atoms with van der Waals surface area (Å²) in [4.78, 5) is 16.6. The number of carbonyl (C=O) groups excluding carboxylic acids is 1. The predicted octanol–water partition coefficient (Wildman–Crippen LogP) is 5.33. The van der Waals surface area contributed by atoms with Crippen LogP contribution in [-0.4, -0.2) is 27.8 Å². The number of benzene rings is 2. The molecule has 0 aliphatic rings. The molecule has 0 saturated heterocycles. The van der Waals surface area contributed by atoms with Crippen molar-refractivity contribution in [3.63, 3.8) is 0 Å². The number of rotatable bonds is 8. The highest BCUT2D eigenvalue weighted by Gasteiger charge is 2.13. The monoisotopic (exact) mass is 417 g/mol. The number of hydrogen-bond donors (Lipinski definition) is 1. The molecule has 3 rings (SSSR count). The third-order valence-electron chi connectivity index (χ3n) is 4.15. The molecular formula is C21H21F2N3O2S. The van der Waals surface area contributed by atoms with Gasteiger partial charge in [-0.3, -0.25) is 9.36 Å². The molecule has 1 amide bonds. The van der Waals surface area contributed by atoms with E-state index in [9.17, 15) is 13.6 Å². The van der Waals surface area contributed by atoms with Crippen molar-refractivity contribution >= 4 is 23.4 Å². The minimum Gasteiger partial charge on any atom is -0.433 e. The van der Waals surface area contributed by atoms with Crippen molar-refractivity contribution in [1.82, 2.24) is 9.55 Å². The zero-order valence-corrected chi connectivity index (χ0v) is 16.8. The molecule has 0 fully saturated rings. The lowest BCUT2D eigenvalue weighted by Gasteiger charge is -2.12. The quantitative estimate of drug-likeness (QED) is 0.504. The molecule has 0 spiro atoms. The van der Waals surface area contributed by atoms with Gasteiger partial charge >= 0.3 is 6.61 Å². The highest BCUT2D eigenvalue weighted by molar-refractivity contribution is 7.99. The second kappa shape index (κ2) is 9.56. The van der Waals surface area contributed by atoms with E-state index in [0.717, 1.165) is 5.69 Å². The van der Waals surface area contributed by atoms with Crippen LogP contribution in [0.15, 0.2) is 66.1 Å². The zero-order valence-electron chi connectivity index (χ0n) is 16.0. The summed E-state index contributed by atoms with van der Waals surface area (Å²) in [5.41, 5.74) is 2.39. The molecule has 0 bridgehead atoms. The lowest BCUT2D eigenvalue weighted by Crippen LogP contribution is -2.16. The lowest BCUT2D eigenvalue weighted by atomic mass is 10.0. The summed E-state index contributed by atoms with van der Waals surface area (Å²) in [7, 11) is 0. The van der Waals surface area contributed by atoms with Crippen molar-refractivity contribution in [3.05, 3.63) is 66.5 Å². The molecule has 1 heterocycles. The Hall–Kier alpha value is -2.87. The van der Waals surface area contributed by atoms with Gasteiger partial charge in [0.05, 0.1) is 11.4 Å². The smallest absolute Gasteiger partial charge is 0.387 e. The van der Waals surface area contributed by atoms with Gasteiger partial charge in [-0.1, -0.05) is 49.9 Å². The van der Waals surface area contributed by atoms with E-state index >= 15 is 0 Å². The van der Waals surface area contributed by atoms with Crippen molar-refractivity contribution in [1.29, 1.82) is 0 Å². The fourth-order valence-electron chi connectivity index (χ4n) is 2.70. The summed E-state index contributed by atoms with van der Waals surface area (Å²) >= 11 is 1.26. The summed E-state index contributed by atoms with van der Waals surface area (Å²) in [6.45, 7) is 1.31. The number of nitrogens with zero attached hydrogens (tertiary/aromatic N) is 2. The number of alkyl halides is 2. The molecule has 5 nitrogen and oxygen atoms in total. The Bertz CT molecular complexity index is 959. The Labute approximate surface area is 172 Å². The van der Waals surface area contributed by atoms with Crippen LogP contribution in [0.25, 0.3) is 5.69 Å². The van der Waals surface area contributed by atoms with Crippen LogP contribution in [0.4, 0.5) is 14.5 Å². The van der Waals surface area contributed by atoms with Gasteiger partial charge in [-0.15, -0.1) is 0 Å². The summed E-state index contributed by atoms with van der Waals surface area (Å²) in [5, 5.41) is 3.26. The van der Waals surface area contributed by atoms with Gasteiger partial charge in [-0.05, 0) is 35.7 Å². The number of hydrogen-bond acceptors (Lipinski definition) is 4. The summed E-state index contributed by atoms with van der Waals surface area (Å²) in [5.74, 6) is 0.100. The molecule has 1 N–H and O–H groups in total. The summed E-state index contributed by atoms with van der Waals surface area (Å²) < 4.78 is 31.3. The number of thioether (sulfide) groups is 1. The third kappa shape index (κ3) is 5.57. The summed E-state index contributed by atoms with van der Waals surface area (Å²) in [6.07, 6.45) is 3.50. The molecule has 0 aliphatic heterocycles. The van der Waals surface area contributed by atoms with Crippen LogP contribution in [0.3, 0.4) is 0 Å². The number of ether oxygens (including phenoxy) is 1. The average molecular weight is 417 g/mol. The van der Waals surface area contributed by atoms with Gasteiger partial charge in [0.1, 0.15) is 5.75 Å². The van der Waals surface area contributed by atoms with Crippen molar-refractivity contribution in [2.24, 2.45) is 0 Å². The summed E-state index contributed by atoms with van der Waals surface area (Å²) in [6, 6.07) is 14.2. The van der Waals surface area contributed by atoms with E-state index < -0.39 is 6.61 Å². The first-order chi connectivity index (χ1) is 13.9. The van der Waals surface area contributed by atoms with E-state index in [-0.39, 0.29) is 23.1 Å². The topological polar surface area (TPSA) is 56.2 Å². The second-order valence-corrected chi connectivity index (χ2v) is 7.48. The van der Waals surface area contributed by atoms with Gasteiger partial charge in [0.25, 0.3) is 0 Å². The number of aromatic nitrogens is 2. The van der Waals surface area contributed by atoms with Crippen LogP contribution in [0, 0.1) is 0 Å². The highest BCUT2D eigenvalue weighted by atomic mass is 32.2. The Morgan fingerprint density at radius 3 is 2.59 bits per heavy atom. The molecule has 0 unspecified atom stereocenters. The van der Waals surface area contributed by atoms with Gasteiger partial charge in [0, 0.05) is 18.1 Å². The maximum Gasteiger partial charge on any atom is 0.387 e. The molecule has 152 valence electrons. The van der Waals surface area contributed by atoms with E-state index in [4.69, 9.17) is 0 Å². The SMILES string of the molecule is CC(C)c1ccc(-n2ccnc2SCC(=O)Nc2ccccc2OC(F)F)cc1. The average Bonchev–Trinajstić information content (AvgIpc) is 3.16. The number of carbonyl (C=O) groups is 1. The standard InChI is InChI=1S/C21H21F2N3O2S/c1-14(2)15-7-9-16(10-8-15)26-12-11-24-21(26)29-13-19(27)25-17-5-3-4-6-18(17)28-20(22)23/h3-12,14,20H,13H2,1-2H3,(H,25,27). The number of nitrogens with one attached hydrogen (secondary N) is 1. The van der Waals surface area contributed by atoms with E-state index in [0.29, 0.717) is 11.1 Å². The molecular weight excluding hydrogens is 396 g/mol. The van der Waals surface area contributed by atoms with Crippen LogP contribution < -0.4 is 10.1 Å². The molecule has 2 aromatic carbocycles. The molecule has 8 heteroatoms. The third-order valence-corrected chi connectivity index (χ3v) is 5.12. The highest BCUT2D eigenvalue weighted by Crippen LogP contribution is 2.27. The molecule has 0 saturated carbocycles. The van der Waals surface area contributed by atoms with Crippen LogP contribution in [0.5, 0.6) is 5.75 Å². The minimum absolute atomic E-state index is 0.0735. The normalized spacial score (nSPS) is 11.1. The first-order valence-electron chi connectivity index (χ1n) is 9.04. The molecule has 3 aromatic rings. The maximum atomic E-state index is 12.5. The van der Waals surface area contributed by atoms with Crippen LogP contribution in [0.2, 0.25) is 0 Å². The minimum atomic E-state index is -2.96. The largest absolute Gasteiger partial charge is 0.433 e. The van der Waals surface area contributed by atoms with Crippen molar-refractivity contribution in [3.8, 4) is 11.4 Å². The van der Waals surface area contributed by atoms with Gasteiger partial charge in [0.15, 0.2) is 5.16 Å². The van der Waals surface area contributed by atoms with E-state index in [1.807, 2.05) is 22.9 Å². The maximum absolute atomic E-state index is 12.5. The van der Waals surface area contributed by atoms with Crippen molar-refractivity contribution in [2.75, 3.05) is 11.1 Å².